The number of benzene rings is 1. The van der Waals surface area contributed by atoms with Crippen LogP contribution in [0.5, 0.6) is 0 Å². The highest BCUT2D eigenvalue weighted by Crippen LogP contribution is 2.25. The standard InChI is InChI=1S/C21H21FN4O.C2H6/c1-14-4-6-16(7-5-14)13-26-21(27)15(2)12-18(24-26)17-8-9-19(23-20(17)22)25-10-3-11-25;1-2/h4-9,12H,3,10-11,13H2,1-2H3;1-2H3. The van der Waals surface area contributed by atoms with Gasteiger partial charge in [-0.1, -0.05) is 43.7 Å². The number of hydrogen-bond donors (Lipinski definition) is 0. The molecule has 0 N–H and O–H groups in total. The van der Waals surface area contributed by atoms with E-state index in [-0.39, 0.29) is 5.56 Å². The summed E-state index contributed by atoms with van der Waals surface area (Å²) >= 11 is 0. The average molecular weight is 394 g/mol. The summed E-state index contributed by atoms with van der Waals surface area (Å²) in [6, 6.07) is 13.1. The van der Waals surface area contributed by atoms with Gasteiger partial charge >= 0.3 is 0 Å². The van der Waals surface area contributed by atoms with E-state index < -0.39 is 5.95 Å². The molecule has 0 bridgehead atoms. The van der Waals surface area contributed by atoms with Gasteiger partial charge in [0.05, 0.1) is 17.8 Å². The molecule has 1 aromatic carbocycles. The van der Waals surface area contributed by atoms with Gasteiger partial charge in [0.2, 0.25) is 5.95 Å². The Kier molecular flexibility index (Phi) is 6.42. The van der Waals surface area contributed by atoms with Gasteiger partial charge < -0.3 is 4.90 Å². The molecule has 2 aromatic heterocycles. The zero-order chi connectivity index (χ0) is 21.0. The first-order valence-electron chi connectivity index (χ1n) is 10.1. The van der Waals surface area contributed by atoms with Gasteiger partial charge in [-0.3, -0.25) is 4.79 Å². The van der Waals surface area contributed by atoms with E-state index in [1.165, 1.54) is 4.68 Å². The Morgan fingerprint density at radius 2 is 1.72 bits per heavy atom. The number of nitrogens with zero attached hydrogens (tertiary/aromatic N) is 4. The van der Waals surface area contributed by atoms with Crippen LogP contribution in [-0.4, -0.2) is 27.9 Å². The van der Waals surface area contributed by atoms with E-state index in [1.807, 2.05) is 56.0 Å². The summed E-state index contributed by atoms with van der Waals surface area (Å²) in [5.41, 5.74) is 3.19. The molecule has 1 fully saturated rings. The largest absolute Gasteiger partial charge is 0.356 e. The number of halogens is 1. The Morgan fingerprint density at radius 1 is 1.03 bits per heavy atom. The maximum absolute atomic E-state index is 14.6. The van der Waals surface area contributed by atoms with Crippen LogP contribution >= 0.6 is 0 Å². The lowest BCUT2D eigenvalue weighted by molar-refractivity contribution is 0.563. The third-order valence-corrected chi connectivity index (χ3v) is 4.90. The molecule has 5 nitrogen and oxygen atoms in total. The van der Waals surface area contributed by atoms with Gasteiger partial charge in [0.15, 0.2) is 0 Å². The van der Waals surface area contributed by atoms with E-state index in [0.717, 1.165) is 30.6 Å². The third kappa shape index (κ3) is 4.53. The van der Waals surface area contributed by atoms with Crippen LogP contribution in [0.25, 0.3) is 11.3 Å². The van der Waals surface area contributed by atoms with Crippen molar-refractivity contribution in [2.45, 2.75) is 40.7 Å². The fourth-order valence-electron chi connectivity index (χ4n) is 3.12. The van der Waals surface area contributed by atoms with E-state index >= 15 is 0 Å². The Balaban J connectivity index is 0.00000117. The molecule has 0 aliphatic carbocycles. The Morgan fingerprint density at radius 3 is 2.31 bits per heavy atom. The van der Waals surface area contributed by atoms with Crippen molar-refractivity contribution >= 4 is 5.82 Å². The minimum atomic E-state index is -0.563. The first-order valence-corrected chi connectivity index (χ1v) is 10.1. The first-order chi connectivity index (χ1) is 14.0. The van der Waals surface area contributed by atoms with Gasteiger partial charge in [0.1, 0.15) is 5.82 Å². The van der Waals surface area contributed by atoms with Gasteiger partial charge in [-0.2, -0.15) is 9.49 Å². The van der Waals surface area contributed by atoms with E-state index in [2.05, 4.69) is 10.1 Å². The van der Waals surface area contributed by atoms with Gasteiger partial charge in [-0.05, 0) is 44.0 Å². The molecule has 0 radical (unpaired) electrons. The number of pyridine rings is 1. The van der Waals surface area contributed by atoms with Crippen molar-refractivity contribution in [1.82, 2.24) is 14.8 Å². The third-order valence-electron chi connectivity index (χ3n) is 4.90. The van der Waals surface area contributed by atoms with Crippen molar-refractivity contribution in [3.05, 3.63) is 75.5 Å². The minimum absolute atomic E-state index is 0.176. The highest BCUT2D eigenvalue weighted by atomic mass is 19.1. The average Bonchev–Trinajstić information content (AvgIpc) is 2.67. The summed E-state index contributed by atoms with van der Waals surface area (Å²) in [5, 5.41) is 4.40. The molecule has 4 rings (SSSR count). The van der Waals surface area contributed by atoms with Crippen LogP contribution in [0, 0.1) is 19.8 Å². The molecule has 29 heavy (non-hydrogen) atoms. The van der Waals surface area contributed by atoms with Gasteiger partial charge in [0.25, 0.3) is 5.56 Å². The van der Waals surface area contributed by atoms with Crippen LogP contribution in [0.15, 0.2) is 47.3 Å². The van der Waals surface area contributed by atoms with E-state index in [9.17, 15) is 9.18 Å². The van der Waals surface area contributed by atoms with E-state index in [0.29, 0.717) is 29.2 Å². The number of aromatic nitrogens is 3. The van der Waals surface area contributed by atoms with Crippen LogP contribution in [-0.2, 0) is 6.54 Å². The van der Waals surface area contributed by atoms with Crippen LogP contribution in [0.2, 0.25) is 0 Å². The van der Waals surface area contributed by atoms with Crippen LogP contribution in [0.3, 0.4) is 0 Å². The van der Waals surface area contributed by atoms with Crippen molar-refractivity contribution < 1.29 is 4.39 Å². The van der Waals surface area contributed by atoms with Crippen LogP contribution in [0.1, 0.15) is 37.0 Å². The second kappa shape index (κ2) is 8.99. The Labute approximate surface area is 170 Å². The maximum Gasteiger partial charge on any atom is 0.270 e. The summed E-state index contributed by atoms with van der Waals surface area (Å²) in [4.78, 5) is 18.6. The van der Waals surface area contributed by atoms with Gasteiger partial charge in [-0.25, -0.2) is 9.67 Å². The number of hydrogen-bond acceptors (Lipinski definition) is 4. The lowest BCUT2D eigenvalue weighted by Gasteiger charge is -2.32. The molecular formula is C23H27FN4O. The fourth-order valence-corrected chi connectivity index (χ4v) is 3.12. The molecule has 1 saturated heterocycles. The molecule has 0 amide bonds. The second-order valence-electron chi connectivity index (χ2n) is 7.01. The fraction of sp³-hybridized carbons (Fsp3) is 0.348. The number of aryl methyl sites for hydroxylation is 2. The molecule has 0 unspecified atom stereocenters. The molecule has 0 saturated carbocycles. The SMILES string of the molecule is CC.Cc1ccc(Cn2nc(-c3ccc(N4CCC4)nc3F)cc(C)c2=O)cc1. The Bertz CT molecular complexity index is 1040. The number of rotatable bonds is 4. The molecule has 3 heterocycles. The second-order valence-corrected chi connectivity index (χ2v) is 7.01. The zero-order valence-corrected chi connectivity index (χ0v) is 17.4. The smallest absolute Gasteiger partial charge is 0.270 e. The zero-order valence-electron chi connectivity index (χ0n) is 17.4. The molecule has 0 atom stereocenters. The van der Waals surface area contributed by atoms with Crippen molar-refractivity contribution in [3.8, 4) is 11.3 Å². The normalized spacial score (nSPS) is 12.8. The van der Waals surface area contributed by atoms with E-state index in [1.54, 1.807) is 19.1 Å². The summed E-state index contributed by atoms with van der Waals surface area (Å²) in [6.07, 6.45) is 1.11. The van der Waals surface area contributed by atoms with Crippen LogP contribution in [0.4, 0.5) is 10.2 Å². The van der Waals surface area contributed by atoms with Gasteiger partial charge in [-0.15, -0.1) is 0 Å². The molecule has 3 aromatic rings. The lowest BCUT2D eigenvalue weighted by atomic mass is 10.1. The quantitative estimate of drug-likeness (QED) is 0.618. The van der Waals surface area contributed by atoms with E-state index in [4.69, 9.17) is 0 Å². The predicted octanol–water partition coefficient (Wildman–Crippen LogP) is 4.35. The minimum Gasteiger partial charge on any atom is -0.356 e. The molecular weight excluding hydrogens is 367 g/mol. The monoisotopic (exact) mass is 394 g/mol. The van der Waals surface area contributed by atoms with Gasteiger partial charge in [0, 0.05) is 18.7 Å². The van der Waals surface area contributed by atoms with Crippen molar-refractivity contribution in [3.63, 3.8) is 0 Å². The van der Waals surface area contributed by atoms with Crippen molar-refractivity contribution in [2.75, 3.05) is 18.0 Å². The number of anilines is 1. The molecule has 0 spiro atoms. The summed E-state index contributed by atoms with van der Waals surface area (Å²) in [5.74, 6) is 0.0824. The van der Waals surface area contributed by atoms with Crippen LogP contribution < -0.4 is 10.5 Å². The molecule has 6 heteroatoms. The topological polar surface area (TPSA) is 51.0 Å². The highest BCUT2D eigenvalue weighted by molar-refractivity contribution is 5.61. The summed E-state index contributed by atoms with van der Waals surface area (Å²) < 4.78 is 16.0. The molecule has 1 aliphatic rings. The summed E-state index contributed by atoms with van der Waals surface area (Å²) in [7, 11) is 0. The molecule has 152 valence electrons. The molecule has 1 aliphatic heterocycles. The van der Waals surface area contributed by atoms with Crippen molar-refractivity contribution in [1.29, 1.82) is 0 Å². The lowest BCUT2D eigenvalue weighted by Crippen LogP contribution is -2.37. The Hall–Kier alpha value is -3.02. The predicted molar refractivity (Wildman–Crippen MR) is 115 cm³/mol. The maximum atomic E-state index is 14.6. The first kappa shape index (κ1) is 20.7. The summed E-state index contributed by atoms with van der Waals surface area (Å²) in [6.45, 7) is 9.89. The highest BCUT2D eigenvalue weighted by Gasteiger charge is 2.19. The van der Waals surface area contributed by atoms with Crippen molar-refractivity contribution in [2.24, 2.45) is 0 Å².